The van der Waals surface area contributed by atoms with Crippen molar-refractivity contribution in [3.05, 3.63) is 40.7 Å². The van der Waals surface area contributed by atoms with Gasteiger partial charge in [0.2, 0.25) is 5.13 Å². The highest BCUT2D eigenvalue weighted by Crippen LogP contribution is 2.17. The van der Waals surface area contributed by atoms with E-state index in [0.717, 1.165) is 17.5 Å². The van der Waals surface area contributed by atoms with Crippen molar-refractivity contribution in [3.8, 4) is 0 Å². The fraction of sp³-hybridized carbons (Fsp3) is 0.154. The number of carbonyl (C=O) groups excluding carboxylic acids is 1. The summed E-state index contributed by atoms with van der Waals surface area (Å²) < 4.78 is 0. The molecule has 7 nitrogen and oxygen atoms in total. The highest BCUT2D eigenvalue weighted by Gasteiger charge is 2.12. The second-order valence-electron chi connectivity index (χ2n) is 3.94. The lowest BCUT2D eigenvalue weighted by molar-refractivity contribution is -0.131. The monoisotopic (exact) mass is 304 g/mol. The molecule has 0 saturated heterocycles. The predicted octanol–water partition coefficient (Wildman–Crippen LogP) is 1.85. The van der Waals surface area contributed by atoms with E-state index in [1.54, 1.807) is 0 Å². The first-order chi connectivity index (χ1) is 10.1. The van der Waals surface area contributed by atoms with Crippen molar-refractivity contribution >= 4 is 34.4 Å². The number of nitrogens with one attached hydrogen (secondary N) is 1. The van der Waals surface area contributed by atoms with Gasteiger partial charge in [0.15, 0.2) is 0 Å². The van der Waals surface area contributed by atoms with E-state index in [2.05, 4.69) is 20.5 Å². The number of carboxylic acid groups (broad SMARTS) is 1. The molecule has 21 heavy (non-hydrogen) atoms. The number of amides is 1. The molecule has 0 unspecified atom stereocenters. The summed E-state index contributed by atoms with van der Waals surface area (Å²) in [7, 11) is 0. The number of pyridine rings is 1. The molecule has 8 heteroatoms. The Hall–Kier alpha value is -2.61. The third-order valence-electron chi connectivity index (χ3n) is 2.49. The maximum Gasteiger partial charge on any atom is 0.328 e. The maximum atomic E-state index is 12.2. The first-order valence-electron chi connectivity index (χ1n) is 6.09. The number of carboxylic acids is 1. The Morgan fingerprint density at radius 3 is 2.90 bits per heavy atom. The number of rotatable bonds is 5. The highest BCUT2D eigenvalue weighted by molar-refractivity contribution is 7.15. The molecule has 0 bridgehead atoms. The summed E-state index contributed by atoms with van der Waals surface area (Å²) in [6, 6.07) is 1.51. The average molecular weight is 304 g/mol. The molecular formula is C13H12N4O3S. The van der Waals surface area contributed by atoms with Crippen LogP contribution in [-0.4, -0.2) is 32.2 Å². The van der Waals surface area contributed by atoms with Crippen molar-refractivity contribution in [2.75, 3.05) is 5.32 Å². The molecular weight excluding hydrogens is 292 g/mol. The number of hydrogen-bond donors (Lipinski definition) is 2. The van der Waals surface area contributed by atoms with E-state index in [9.17, 15) is 9.59 Å². The quantitative estimate of drug-likeness (QED) is 0.817. The predicted molar refractivity (Wildman–Crippen MR) is 78.1 cm³/mol. The Labute approximate surface area is 124 Å². The molecule has 0 aliphatic rings. The lowest BCUT2D eigenvalue weighted by Crippen LogP contribution is -2.13. The van der Waals surface area contributed by atoms with Crippen LogP contribution in [0.2, 0.25) is 0 Å². The lowest BCUT2D eigenvalue weighted by Gasteiger charge is -2.04. The Kier molecular flexibility index (Phi) is 4.72. The summed E-state index contributed by atoms with van der Waals surface area (Å²) >= 11 is 1.30. The molecule has 0 fully saturated rings. The topological polar surface area (TPSA) is 105 Å². The summed E-state index contributed by atoms with van der Waals surface area (Å²) in [4.78, 5) is 26.6. The Morgan fingerprint density at radius 2 is 2.24 bits per heavy atom. The third-order valence-corrected chi connectivity index (χ3v) is 3.47. The molecule has 1 amide bonds. The van der Waals surface area contributed by atoms with Crippen LogP contribution >= 0.6 is 11.3 Å². The first kappa shape index (κ1) is 14.8. The van der Waals surface area contributed by atoms with Crippen molar-refractivity contribution in [2.45, 2.75) is 13.3 Å². The second kappa shape index (κ2) is 6.71. The molecule has 0 aliphatic heterocycles. The van der Waals surface area contributed by atoms with Crippen LogP contribution in [0.3, 0.4) is 0 Å². The van der Waals surface area contributed by atoms with Crippen molar-refractivity contribution in [3.63, 3.8) is 0 Å². The van der Waals surface area contributed by atoms with Crippen LogP contribution in [0.25, 0.3) is 6.08 Å². The fourth-order valence-corrected chi connectivity index (χ4v) is 2.19. The molecule has 0 spiro atoms. The van der Waals surface area contributed by atoms with Gasteiger partial charge in [0.05, 0.1) is 5.56 Å². The second-order valence-corrected chi connectivity index (χ2v) is 5.01. The van der Waals surface area contributed by atoms with Gasteiger partial charge < -0.3 is 5.11 Å². The van der Waals surface area contributed by atoms with Crippen LogP contribution in [0.1, 0.15) is 27.9 Å². The zero-order chi connectivity index (χ0) is 15.2. The van der Waals surface area contributed by atoms with Gasteiger partial charge >= 0.3 is 5.97 Å². The molecule has 0 aromatic carbocycles. The maximum absolute atomic E-state index is 12.2. The highest BCUT2D eigenvalue weighted by atomic mass is 32.1. The number of hydrogen-bond acceptors (Lipinski definition) is 6. The normalized spacial score (nSPS) is 10.7. The average Bonchev–Trinajstić information content (AvgIpc) is 2.93. The Balaban J connectivity index is 2.20. The van der Waals surface area contributed by atoms with Gasteiger partial charge in [0.1, 0.15) is 5.01 Å². The van der Waals surface area contributed by atoms with Crippen molar-refractivity contribution in [1.82, 2.24) is 15.2 Å². The number of anilines is 1. The van der Waals surface area contributed by atoms with Crippen LogP contribution in [-0.2, 0) is 11.2 Å². The molecule has 0 radical (unpaired) electrons. The van der Waals surface area contributed by atoms with Crippen LogP contribution in [0.4, 0.5) is 5.13 Å². The first-order valence-corrected chi connectivity index (χ1v) is 6.90. The summed E-state index contributed by atoms with van der Waals surface area (Å²) in [5.41, 5.74) is 0.730. The third kappa shape index (κ3) is 3.93. The van der Waals surface area contributed by atoms with Crippen LogP contribution in [0.15, 0.2) is 24.5 Å². The molecule has 2 rings (SSSR count). The van der Waals surface area contributed by atoms with Crippen molar-refractivity contribution in [2.24, 2.45) is 0 Å². The molecule has 0 atom stereocenters. The molecule has 108 valence electrons. The van der Waals surface area contributed by atoms with Gasteiger partial charge in [-0.3, -0.25) is 15.1 Å². The van der Waals surface area contributed by atoms with Gasteiger partial charge in [-0.15, -0.1) is 10.2 Å². The minimum Gasteiger partial charge on any atom is -0.478 e. The van der Waals surface area contributed by atoms with Gasteiger partial charge in [0.25, 0.3) is 5.91 Å². The number of carbonyl (C=O) groups is 2. The number of aliphatic carboxylic acids is 1. The molecule has 2 N–H and O–H groups in total. The van der Waals surface area contributed by atoms with Gasteiger partial charge in [-0.2, -0.15) is 0 Å². The molecule has 0 saturated carbocycles. The fourth-order valence-electron chi connectivity index (χ4n) is 1.52. The molecule has 2 heterocycles. The molecule has 0 aliphatic carbocycles. The minimum absolute atomic E-state index is 0.316. The van der Waals surface area contributed by atoms with Crippen molar-refractivity contribution in [1.29, 1.82) is 0 Å². The van der Waals surface area contributed by atoms with E-state index in [0.29, 0.717) is 16.3 Å². The molecule has 2 aromatic rings. The van der Waals surface area contributed by atoms with Crippen LogP contribution in [0, 0.1) is 0 Å². The van der Waals surface area contributed by atoms with Crippen LogP contribution < -0.4 is 5.32 Å². The Morgan fingerprint density at radius 1 is 1.43 bits per heavy atom. The van der Waals surface area contributed by atoms with Gasteiger partial charge in [0, 0.05) is 24.0 Å². The van der Waals surface area contributed by atoms with Gasteiger partial charge in [-0.1, -0.05) is 18.3 Å². The number of aromatic nitrogens is 3. The van der Waals surface area contributed by atoms with E-state index >= 15 is 0 Å². The van der Waals surface area contributed by atoms with Gasteiger partial charge in [-0.25, -0.2) is 4.79 Å². The lowest BCUT2D eigenvalue weighted by atomic mass is 10.1. The summed E-state index contributed by atoms with van der Waals surface area (Å²) in [6.07, 6.45) is 5.90. The zero-order valence-corrected chi connectivity index (χ0v) is 11.9. The van der Waals surface area contributed by atoms with E-state index in [4.69, 9.17) is 5.11 Å². The number of aryl methyl sites for hydroxylation is 1. The summed E-state index contributed by atoms with van der Waals surface area (Å²) in [6.45, 7) is 1.95. The summed E-state index contributed by atoms with van der Waals surface area (Å²) in [5, 5.41) is 20.3. The van der Waals surface area contributed by atoms with Gasteiger partial charge in [-0.05, 0) is 18.6 Å². The van der Waals surface area contributed by atoms with E-state index in [-0.39, 0.29) is 5.91 Å². The number of nitrogens with zero attached hydrogens (tertiary/aromatic N) is 3. The zero-order valence-electron chi connectivity index (χ0n) is 11.1. The Bertz CT molecular complexity index is 696. The van der Waals surface area contributed by atoms with E-state index in [1.165, 1.54) is 35.9 Å². The summed E-state index contributed by atoms with van der Waals surface area (Å²) in [5.74, 6) is -1.48. The SMILES string of the molecule is CCc1nnc(NC(=O)c2ccncc2/C=C/C(=O)O)s1. The van der Waals surface area contributed by atoms with Crippen LogP contribution in [0.5, 0.6) is 0 Å². The molecule has 2 aromatic heterocycles. The largest absolute Gasteiger partial charge is 0.478 e. The smallest absolute Gasteiger partial charge is 0.328 e. The minimum atomic E-state index is -1.10. The standard InChI is InChI=1S/C13H12N4O3S/c1-2-10-16-17-13(21-10)15-12(20)9-5-6-14-7-8(9)3-4-11(18)19/h3-7H,2H2,1H3,(H,18,19)(H,15,17,20)/b4-3+. The van der Waals surface area contributed by atoms with E-state index in [1.807, 2.05) is 6.92 Å². The van der Waals surface area contributed by atoms with Crippen molar-refractivity contribution < 1.29 is 14.7 Å². The van der Waals surface area contributed by atoms with E-state index < -0.39 is 5.97 Å².